The van der Waals surface area contributed by atoms with E-state index in [1.807, 2.05) is 0 Å². The van der Waals surface area contributed by atoms with Crippen molar-refractivity contribution in [2.75, 3.05) is 37.0 Å². The molecule has 1 atom stereocenters. The summed E-state index contributed by atoms with van der Waals surface area (Å²) in [5.41, 5.74) is 6.24. The largest absolute Gasteiger partial charge is 0.486 e. The first-order chi connectivity index (χ1) is 17.2. The summed E-state index contributed by atoms with van der Waals surface area (Å²) in [6.07, 6.45) is 0. The Morgan fingerprint density at radius 3 is 2.27 bits per heavy atom. The van der Waals surface area contributed by atoms with Gasteiger partial charge in [0.2, 0.25) is 11.8 Å². The molecule has 0 bridgehead atoms. The smallest absolute Gasteiger partial charge is 0.319 e. The normalized spacial score (nSPS) is 12.1. The van der Waals surface area contributed by atoms with Crippen LogP contribution >= 0.6 is 12.4 Å². The van der Waals surface area contributed by atoms with Crippen LogP contribution in [0.25, 0.3) is 0 Å². The molecule has 0 aromatic heterocycles. The number of carbonyl (C=O) groups is 4. The average molecular weight is 536 g/mol. The summed E-state index contributed by atoms with van der Waals surface area (Å²) in [5, 5.41) is 28.3. The van der Waals surface area contributed by atoms with Gasteiger partial charge in [-0.25, -0.2) is 4.79 Å². The molecule has 9 N–H and O–H groups in total. The Morgan fingerprint density at radius 1 is 0.973 bits per heavy atom. The number of hydrogen-bond acceptors (Lipinski definition) is 8. The van der Waals surface area contributed by atoms with Crippen molar-refractivity contribution in [3.63, 3.8) is 0 Å². The number of imide groups is 1. The summed E-state index contributed by atoms with van der Waals surface area (Å²) in [7, 11) is 0. The fourth-order valence-electron chi connectivity index (χ4n) is 3.03. The maximum atomic E-state index is 12.3. The lowest BCUT2D eigenvalue weighted by atomic mass is 10.2. The minimum Gasteiger partial charge on any atom is -0.486 e. The minimum absolute atomic E-state index is 0. The van der Waals surface area contributed by atoms with E-state index in [4.69, 9.17) is 20.6 Å². The molecular weight excluding hydrogens is 510 g/mol. The number of amides is 5. The summed E-state index contributed by atoms with van der Waals surface area (Å²) in [5.74, 6) is -1.62. The van der Waals surface area contributed by atoms with Gasteiger partial charge in [-0.1, -0.05) is 0 Å². The molecule has 0 unspecified atom stereocenters. The Labute approximate surface area is 217 Å². The SMILES string of the molecule is Cl.N=C(N)Nc1ccc(C(=O)NC(=O)CNC(=O)[C@H](CO)NC(=O)Nc2ccc3c(c2)OCCO3)cc1. The van der Waals surface area contributed by atoms with E-state index in [0.29, 0.717) is 36.1 Å². The van der Waals surface area contributed by atoms with Crippen LogP contribution in [0.3, 0.4) is 0 Å². The van der Waals surface area contributed by atoms with E-state index in [9.17, 15) is 24.3 Å². The number of urea groups is 1. The molecule has 5 amide bonds. The molecule has 1 aliphatic heterocycles. The van der Waals surface area contributed by atoms with Gasteiger partial charge in [-0.2, -0.15) is 0 Å². The Bertz CT molecular complexity index is 1160. The molecule has 14 nitrogen and oxygen atoms in total. The highest BCUT2D eigenvalue weighted by molar-refractivity contribution is 6.06. The van der Waals surface area contributed by atoms with Crippen molar-refractivity contribution in [1.82, 2.24) is 16.0 Å². The summed E-state index contributed by atoms with van der Waals surface area (Å²) in [4.78, 5) is 48.8. The van der Waals surface area contributed by atoms with E-state index in [-0.39, 0.29) is 23.9 Å². The molecule has 1 heterocycles. The number of benzene rings is 2. The number of ether oxygens (including phenoxy) is 2. The number of halogens is 1. The average Bonchev–Trinajstić information content (AvgIpc) is 2.85. The summed E-state index contributed by atoms with van der Waals surface area (Å²) in [6.45, 7) is -0.510. The van der Waals surface area contributed by atoms with Gasteiger partial charge in [0.25, 0.3) is 5.91 Å². The summed E-state index contributed by atoms with van der Waals surface area (Å²) in [6, 6.07) is 8.45. The number of rotatable bonds is 8. The molecule has 15 heteroatoms. The van der Waals surface area contributed by atoms with Gasteiger partial charge < -0.3 is 41.6 Å². The number of fused-ring (bicyclic) bond motifs is 1. The number of aliphatic hydroxyl groups is 1. The van der Waals surface area contributed by atoms with Crippen LogP contribution in [0.4, 0.5) is 16.2 Å². The number of aliphatic hydroxyl groups excluding tert-OH is 1. The highest BCUT2D eigenvalue weighted by Gasteiger charge is 2.21. The number of nitrogens with one attached hydrogen (secondary N) is 6. The maximum Gasteiger partial charge on any atom is 0.319 e. The third-order valence-electron chi connectivity index (χ3n) is 4.71. The Kier molecular flexibility index (Phi) is 10.5. The number of nitrogens with two attached hydrogens (primary N) is 1. The van der Waals surface area contributed by atoms with Crippen LogP contribution in [0.1, 0.15) is 10.4 Å². The molecule has 2 aromatic carbocycles. The van der Waals surface area contributed by atoms with Gasteiger partial charge in [0.15, 0.2) is 17.5 Å². The molecule has 198 valence electrons. The second-order valence-electron chi connectivity index (χ2n) is 7.40. The van der Waals surface area contributed by atoms with Gasteiger partial charge >= 0.3 is 6.03 Å². The number of anilines is 2. The molecule has 0 fully saturated rings. The van der Waals surface area contributed by atoms with Crippen molar-refractivity contribution < 1.29 is 33.8 Å². The maximum absolute atomic E-state index is 12.3. The van der Waals surface area contributed by atoms with Gasteiger partial charge in [-0.05, 0) is 36.4 Å². The molecule has 2 aromatic rings. The fraction of sp³-hybridized carbons (Fsp3) is 0.227. The Hall–Kier alpha value is -4.56. The van der Waals surface area contributed by atoms with Crippen molar-refractivity contribution in [3.8, 4) is 11.5 Å². The number of carbonyl (C=O) groups excluding carboxylic acids is 4. The van der Waals surface area contributed by atoms with E-state index >= 15 is 0 Å². The monoisotopic (exact) mass is 535 g/mol. The van der Waals surface area contributed by atoms with Crippen LogP contribution in [0, 0.1) is 5.41 Å². The molecule has 1 aliphatic rings. The van der Waals surface area contributed by atoms with E-state index in [1.165, 1.54) is 24.3 Å². The van der Waals surface area contributed by atoms with Crippen molar-refractivity contribution in [2.24, 2.45) is 5.73 Å². The first-order valence-electron chi connectivity index (χ1n) is 10.7. The van der Waals surface area contributed by atoms with Crippen LogP contribution in [0.2, 0.25) is 0 Å². The minimum atomic E-state index is -1.35. The first kappa shape index (κ1) is 28.7. The van der Waals surface area contributed by atoms with Gasteiger partial charge in [0, 0.05) is 23.0 Å². The van der Waals surface area contributed by atoms with Crippen molar-refractivity contribution in [3.05, 3.63) is 48.0 Å². The molecule has 0 radical (unpaired) electrons. The highest BCUT2D eigenvalue weighted by atomic mass is 35.5. The predicted octanol–water partition coefficient (Wildman–Crippen LogP) is -0.260. The van der Waals surface area contributed by atoms with Gasteiger partial charge in [-0.3, -0.25) is 25.1 Å². The lowest BCUT2D eigenvalue weighted by Gasteiger charge is -2.20. The van der Waals surface area contributed by atoms with Crippen LogP contribution in [0.15, 0.2) is 42.5 Å². The van der Waals surface area contributed by atoms with Crippen LogP contribution < -0.4 is 41.8 Å². The summed E-state index contributed by atoms with van der Waals surface area (Å²) < 4.78 is 10.8. The molecule has 0 saturated carbocycles. The zero-order valence-corrected chi connectivity index (χ0v) is 20.1. The van der Waals surface area contributed by atoms with Crippen LogP contribution in [-0.4, -0.2) is 67.2 Å². The highest BCUT2D eigenvalue weighted by Crippen LogP contribution is 2.32. The standard InChI is InChI=1S/C22H25N7O7.ClH/c23-21(24)26-13-3-1-12(2-4-13)19(32)29-18(31)10-25-20(33)15(11-30)28-22(34)27-14-5-6-16-17(9-14)36-8-7-35-16;/h1-6,9,15,30H,7-8,10-11H2,(H,25,33)(H4,23,24,26)(H2,27,28,34)(H,29,31,32);1H/t15-;/m0./s1. The second kappa shape index (κ2) is 13.5. The quantitative estimate of drug-likeness (QED) is 0.165. The van der Waals surface area contributed by atoms with E-state index in [1.54, 1.807) is 18.2 Å². The molecule has 0 spiro atoms. The Balaban J connectivity index is 0.00000481. The Morgan fingerprint density at radius 2 is 1.62 bits per heavy atom. The number of guanidine groups is 1. The van der Waals surface area contributed by atoms with Gasteiger partial charge in [-0.15, -0.1) is 12.4 Å². The van der Waals surface area contributed by atoms with Crippen molar-refractivity contribution >= 4 is 53.5 Å². The first-order valence-corrected chi connectivity index (χ1v) is 10.7. The topological polar surface area (TPSA) is 217 Å². The lowest BCUT2D eigenvalue weighted by Crippen LogP contribution is -2.52. The summed E-state index contributed by atoms with van der Waals surface area (Å²) >= 11 is 0. The third-order valence-corrected chi connectivity index (χ3v) is 4.71. The molecule has 37 heavy (non-hydrogen) atoms. The van der Waals surface area contributed by atoms with Gasteiger partial charge in [0.05, 0.1) is 13.2 Å². The zero-order valence-electron chi connectivity index (χ0n) is 19.3. The lowest BCUT2D eigenvalue weighted by molar-refractivity contribution is -0.127. The van der Waals surface area contributed by atoms with Crippen LogP contribution in [-0.2, 0) is 9.59 Å². The second-order valence-corrected chi connectivity index (χ2v) is 7.40. The van der Waals surface area contributed by atoms with E-state index < -0.39 is 42.9 Å². The molecule has 3 rings (SSSR count). The molecular formula is C22H26ClN7O7. The third kappa shape index (κ3) is 8.55. The number of hydrogen-bond donors (Lipinski definition) is 8. The molecule has 0 saturated heterocycles. The molecule has 0 aliphatic carbocycles. The fourth-order valence-corrected chi connectivity index (χ4v) is 3.03. The van der Waals surface area contributed by atoms with E-state index in [0.717, 1.165) is 0 Å². The van der Waals surface area contributed by atoms with Crippen LogP contribution in [0.5, 0.6) is 11.5 Å². The van der Waals surface area contributed by atoms with Crippen molar-refractivity contribution in [2.45, 2.75) is 6.04 Å². The van der Waals surface area contributed by atoms with Gasteiger partial charge in [0.1, 0.15) is 19.3 Å². The van der Waals surface area contributed by atoms with Crippen molar-refractivity contribution in [1.29, 1.82) is 5.41 Å². The zero-order chi connectivity index (χ0) is 26.1. The predicted molar refractivity (Wildman–Crippen MR) is 135 cm³/mol. The van der Waals surface area contributed by atoms with E-state index in [2.05, 4.69) is 26.6 Å².